The number of nitrogens with zero attached hydrogens (tertiary/aromatic N) is 3. The fraction of sp³-hybridized carbons (Fsp3) is 0.0400. The Morgan fingerprint density at radius 3 is 2.69 bits per heavy atom. The van der Waals surface area contributed by atoms with Crippen LogP contribution >= 0.6 is 0 Å². The molecule has 1 amide bonds. The number of H-pyrrole nitrogens is 1. The van der Waals surface area contributed by atoms with Crippen molar-refractivity contribution in [2.45, 2.75) is 0 Å². The minimum atomic E-state index is -0.271. The molecule has 7 nitrogen and oxygen atoms in total. The monoisotopic (exact) mass is 421 g/mol. The third-order valence-electron chi connectivity index (χ3n) is 5.13. The summed E-state index contributed by atoms with van der Waals surface area (Å²) in [6.07, 6.45) is 3.43. The number of hydrogen-bond donors (Lipinski definition) is 2. The van der Waals surface area contributed by atoms with E-state index in [1.807, 2.05) is 60.7 Å². The molecular formula is C25H19N5O2. The molecule has 0 fully saturated rings. The lowest BCUT2D eigenvalue weighted by atomic mass is 10.0. The number of ether oxygens (including phenoxy) is 1. The number of para-hydroxylation sites is 2. The van der Waals surface area contributed by atoms with Gasteiger partial charge in [0.15, 0.2) is 5.82 Å². The zero-order valence-corrected chi connectivity index (χ0v) is 17.2. The molecule has 5 rings (SSSR count). The number of pyridine rings is 2. The lowest BCUT2D eigenvalue weighted by molar-refractivity contribution is 0.102. The molecular weight excluding hydrogens is 402 g/mol. The molecule has 32 heavy (non-hydrogen) atoms. The molecule has 0 unspecified atom stereocenters. The smallest absolute Gasteiger partial charge is 0.257 e. The van der Waals surface area contributed by atoms with Crippen molar-refractivity contribution in [3.8, 4) is 28.3 Å². The number of hydrogen-bond acceptors (Lipinski definition) is 5. The van der Waals surface area contributed by atoms with E-state index < -0.39 is 0 Å². The van der Waals surface area contributed by atoms with Crippen molar-refractivity contribution in [3.05, 3.63) is 90.8 Å². The molecule has 3 heterocycles. The van der Waals surface area contributed by atoms with Gasteiger partial charge in [0, 0.05) is 35.0 Å². The van der Waals surface area contributed by atoms with Crippen LogP contribution in [0.1, 0.15) is 10.4 Å². The number of fused-ring (bicyclic) bond motifs is 1. The molecule has 0 spiro atoms. The van der Waals surface area contributed by atoms with Crippen molar-refractivity contribution in [2.24, 2.45) is 0 Å². The Labute approximate surface area is 184 Å². The molecule has 0 bridgehead atoms. The predicted molar refractivity (Wildman–Crippen MR) is 124 cm³/mol. The number of carbonyl (C=O) groups excluding carboxylic acids is 1. The Balaban J connectivity index is 1.50. The molecule has 0 radical (unpaired) electrons. The minimum absolute atomic E-state index is 0.271. The standard InChI is InChI=1S/C25H19N5O2/c1-32-23-11-5-3-9-18(23)22-14-24(30-29-22)28-25(31)19-13-21(16-7-6-12-26-15-16)27-20-10-4-2-8-17(19)20/h2-15H,1H3,(H2,28,29,30,31). The molecule has 0 aliphatic rings. The summed E-state index contributed by atoms with van der Waals surface area (Å²) in [7, 11) is 1.62. The van der Waals surface area contributed by atoms with E-state index in [0.717, 1.165) is 33.5 Å². The van der Waals surface area contributed by atoms with Gasteiger partial charge in [-0.25, -0.2) is 4.98 Å². The molecule has 7 heteroatoms. The summed E-state index contributed by atoms with van der Waals surface area (Å²) in [4.78, 5) is 22.1. The molecule has 0 saturated heterocycles. The van der Waals surface area contributed by atoms with E-state index in [9.17, 15) is 4.79 Å². The van der Waals surface area contributed by atoms with Crippen LogP contribution in [0.25, 0.3) is 33.4 Å². The molecule has 0 atom stereocenters. The second kappa shape index (κ2) is 8.31. The van der Waals surface area contributed by atoms with E-state index in [0.29, 0.717) is 17.1 Å². The lowest BCUT2D eigenvalue weighted by Gasteiger charge is -2.09. The number of nitrogens with one attached hydrogen (secondary N) is 2. The summed E-state index contributed by atoms with van der Waals surface area (Å²) >= 11 is 0. The highest BCUT2D eigenvalue weighted by Gasteiger charge is 2.16. The number of rotatable bonds is 5. The Morgan fingerprint density at radius 1 is 1.00 bits per heavy atom. The summed E-state index contributed by atoms with van der Waals surface area (Å²) in [6.45, 7) is 0. The van der Waals surface area contributed by atoms with Crippen LogP contribution in [0, 0.1) is 0 Å². The van der Waals surface area contributed by atoms with Crippen LogP contribution in [-0.2, 0) is 0 Å². The summed E-state index contributed by atoms with van der Waals surface area (Å²) in [5, 5.41) is 10.9. The van der Waals surface area contributed by atoms with Crippen LogP contribution in [0.4, 0.5) is 5.82 Å². The van der Waals surface area contributed by atoms with Crippen molar-refractivity contribution in [1.29, 1.82) is 0 Å². The highest BCUT2D eigenvalue weighted by atomic mass is 16.5. The molecule has 3 aromatic heterocycles. The van der Waals surface area contributed by atoms with Crippen molar-refractivity contribution in [1.82, 2.24) is 20.2 Å². The third-order valence-corrected chi connectivity index (χ3v) is 5.13. The van der Waals surface area contributed by atoms with E-state index in [1.165, 1.54) is 0 Å². The van der Waals surface area contributed by atoms with Gasteiger partial charge < -0.3 is 10.1 Å². The van der Waals surface area contributed by atoms with Crippen LogP contribution in [0.3, 0.4) is 0 Å². The van der Waals surface area contributed by atoms with E-state index in [2.05, 4.69) is 20.5 Å². The maximum absolute atomic E-state index is 13.2. The van der Waals surface area contributed by atoms with Gasteiger partial charge in [-0.15, -0.1) is 0 Å². The fourth-order valence-corrected chi connectivity index (χ4v) is 3.60. The van der Waals surface area contributed by atoms with Gasteiger partial charge >= 0.3 is 0 Å². The van der Waals surface area contributed by atoms with Crippen LogP contribution in [0.5, 0.6) is 5.75 Å². The Kier molecular flexibility index (Phi) is 5.05. The predicted octanol–water partition coefficient (Wildman–Crippen LogP) is 4.95. The number of aromatic amines is 1. The van der Waals surface area contributed by atoms with Gasteiger partial charge in [0.05, 0.1) is 29.6 Å². The van der Waals surface area contributed by atoms with Crippen molar-refractivity contribution < 1.29 is 9.53 Å². The third kappa shape index (κ3) is 3.67. The van der Waals surface area contributed by atoms with Gasteiger partial charge in [-0.2, -0.15) is 5.10 Å². The SMILES string of the molecule is COc1ccccc1-c1cc(NC(=O)c2cc(-c3cccnc3)nc3ccccc23)n[nH]1. The minimum Gasteiger partial charge on any atom is -0.496 e. The molecule has 5 aromatic rings. The van der Waals surface area contributed by atoms with Gasteiger partial charge in [-0.3, -0.25) is 14.9 Å². The quantitative estimate of drug-likeness (QED) is 0.419. The Bertz CT molecular complexity index is 1410. The van der Waals surface area contributed by atoms with Gasteiger partial charge in [0.1, 0.15) is 5.75 Å². The van der Waals surface area contributed by atoms with E-state index >= 15 is 0 Å². The molecule has 156 valence electrons. The molecule has 2 aromatic carbocycles. The highest BCUT2D eigenvalue weighted by molar-refractivity contribution is 6.12. The first-order chi connectivity index (χ1) is 15.7. The van der Waals surface area contributed by atoms with E-state index in [4.69, 9.17) is 9.72 Å². The van der Waals surface area contributed by atoms with Crippen molar-refractivity contribution in [3.63, 3.8) is 0 Å². The van der Waals surface area contributed by atoms with E-state index in [-0.39, 0.29) is 5.91 Å². The topological polar surface area (TPSA) is 92.8 Å². The zero-order chi connectivity index (χ0) is 21.9. The lowest BCUT2D eigenvalue weighted by Crippen LogP contribution is -2.13. The second-order valence-electron chi connectivity index (χ2n) is 7.14. The number of aromatic nitrogens is 4. The van der Waals surface area contributed by atoms with Crippen LogP contribution in [-0.4, -0.2) is 33.2 Å². The maximum Gasteiger partial charge on any atom is 0.257 e. The largest absolute Gasteiger partial charge is 0.496 e. The Morgan fingerprint density at radius 2 is 1.84 bits per heavy atom. The molecule has 0 aliphatic carbocycles. The number of anilines is 1. The fourth-order valence-electron chi connectivity index (χ4n) is 3.60. The first-order valence-corrected chi connectivity index (χ1v) is 10.0. The van der Waals surface area contributed by atoms with Crippen molar-refractivity contribution >= 4 is 22.6 Å². The number of benzene rings is 2. The van der Waals surface area contributed by atoms with Crippen LogP contribution in [0.2, 0.25) is 0 Å². The van der Waals surface area contributed by atoms with Crippen LogP contribution in [0.15, 0.2) is 85.2 Å². The van der Waals surface area contributed by atoms with Gasteiger partial charge in [0.2, 0.25) is 0 Å². The molecule has 0 saturated carbocycles. The second-order valence-corrected chi connectivity index (χ2v) is 7.14. The normalized spacial score (nSPS) is 10.8. The van der Waals surface area contributed by atoms with Gasteiger partial charge in [-0.1, -0.05) is 30.3 Å². The van der Waals surface area contributed by atoms with Crippen molar-refractivity contribution in [2.75, 3.05) is 12.4 Å². The highest BCUT2D eigenvalue weighted by Crippen LogP contribution is 2.30. The van der Waals surface area contributed by atoms with Crippen LogP contribution < -0.4 is 10.1 Å². The summed E-state index contributed by atoms with van der Waals surface area (Å²) < 4.78 is 5.42. The average Bonchev–Trinajstić information content (AvgIpc) is 3.32. The average molecular weight is 421 g/mol. The maximum atomic E-state index is 13.2. The number of amides is 1. The van der Waals surface area contributed by atoms with Gasteiger partial charge in [-0.05, 0) is 36.4 Å². The Hall–Kier alpha value is -4.52. The zero-order valence-electron chi connectivity index (χ0n) is 17.2. The summed E-state index contributed by atoms with van der Waals surface area (Å²) in [5.74, 6) is 0.863. The van der Waals surface area contributed by atoms with Gasteiger partial charge in [0.25, 0.3) is 5.91 Å². The summed E-state index contributed by atoms with van der Waals surface area (Å²) in [5.41, 5.74) is 4.36. The number of carbonyl (C=O) groups is 1. The number of methoxy groups -OCH3 is 1. The first-order valence-electron chi connectivity index (χ1n) is 10.0. The van der Waals surface area contributed by atoms with E-state index in [1.54, 1.807) is 31.6 Å². The molecule has 2 N–H and O–H groups in total. The first kappa shape index (κ1) is 19.4. The molecule has 0 aliphatic heterocycles. The summed E-state index contributed by atoms with van der Waals surface area (Å²) in [6, 6.07) is 22.5.